The van der Waals surface area contributed by atoms with Crippen molar-refractivity contribution in [3.63, 3.8) is 0 Å². The highest BCUT2D eigenvalue weighted by Gasteiger charge is 2.11. The average Bonchev–Trinajstić information content (AvgIpc) is 2.76. The normalized spacial score (nSPS) is 10.8. The molecule has 2 rings (SSSR count). The minimum absolute atomic E-state index is 0.116. The number of rotatable bonds is 4. The standard InChI is InChI=1S/C13H14N2O3/c1-8(2)9-3-5-10(6-4-9)13-14-11(18-15-13)7-12(16)17/h3-6,8H,7H2,1-2H3,(H,16,17). The molecule has 1 aromatic heterocycles. The molecule has 1 N–H and O–H groups in total. The van der Waals surface area contributed by atoms with Crippen LogP contribution in [0.25, 0.3) is 11.4 Å². The van der Waals surface area contributed by atoms with E-state index in [2.05, 4.69) is 24.0 Å². The van der Waals surface area contributed by atoms with E-state index >= 15 is 0 Å². The zero-order chi connectivity index (χ0) is 13.1. The van der Waals surface area contributed by atoms with E-state index in [1.54, 1.807) is 0 Å². The zero-order valence-electron chi connectivity index (χ0n) is 10.3. The third-order valence-electron chi connectivity index (χ3n) is 2.61. The van der Waals surface area contributed by atoms with Gasteiger partial charge in [0.05, 0.1) is 0 Å². The molecule has 1 heterocycles. The molecule has 0 aliphatic rings. The van der Waals surface area contributed by atoms with Gasteiger partial charge >= 0.3 is 5.97 Å². The SMILES string of the molecule is CC(C)c1ccc(-c2noc(CC(=O)O)n2)cc1. The van der Waals surface area contributed by atoms with Crippen LogP contribution in [-0.2, 0) is 11.2 Å². The van der Waals surface area contributed by atoms with Crippen LogP contribution in [0.1, 0.15) is 31.2 Å². The summed E-state index contributed by atoms with van der Waals surface area (Å²) < 4.78 is 4.87. The maximum Gasteiger partial charge on any atom is 0.312 e. The van der Waals surface area contributed by atoms with Gasteiger partial charge in [-0.3, -0.25) is 4.79 Å². The number of carboxylic acids is 1. The van der Waals surface area contributed by atoms with Crippen molar-refractivity contribution in [1.82, 2.24) is 10.1 Å². The van der Waals surface area contributed by atoms with Crippen molar-refractivity contribution >= 4 is 5.97 Å². The smallest absolute Gasteiger partial charge is 0.312 e. The number of aromatic nitrogens is 2. The molecule has 94 valence electrons. The highest BCUT2D eigenvalue weighted by Crippen LogP contribution is 2.20. The van der Waals surface area contributed by atoms with Gasteiger partial charge < -0.3 is 9.63 Å². The fourth-order valence-corrected chi connectivity index (χ4v) is 1.59. The quantitative estimate of drug-likeness (QED) is 0.896. The third kappa shape index (κ3) is 2.74. The van der Waals surface area contributed by atoms with E-state index in [-0.39, 0.29) is 12.3 Å². The van der Waals surface area contributed by atoms with Gasteiger partial charge in [-0.05, 0) is 11.5 Å². The second kappa shape index (κ2) is 5.00. The van der Waals surface area contributed by atoms with Crippen LogP contribution < -0.4 is 0 Å². The van der Waals surface area contributed by atoms with E-state index in [9.17, 15) is 4.79 Å². The molecule has 0 radical (unpaired) electrons. The van der Waals surface area contributed by atoms with E-state index in [0.29, 0.717) is 11.7 Å². The first-order chi connectivity index (χ1) is 8.56. The van der Waals surface area contributed by atoms with E-state index in [1.807, 2.05) is 24.3 Å². The Bertz CT molecular complexity index is 544. The molecule has 0 aliphatic heterocycles. The lowest BCUT2D eigenvalue weighted by Crippen LogP contribution is -1.99. The topological polar surface area (TPSA) is 76.2 Å². The molecule has 2 aromatic rings. The first-order valence-electron chi connectivity index (χ1n) is 5.71. The molecular formula is C13H14N2O3. The lowest BCUT2D eigenvalue weighted by atomic mass is 10.0. The van der Waals surface area contributed by atoms with Gasteiger partial charge in [-0.15, -0.1) is 0 Å². The van der Waals surface area contributed by atoms with Gasteiger partial charge in [0.2, 0.25) is 11.7 Å². The number of hydrogen-bond acceptors (Lipinski definition) is 4. The number of benzene rings is 1. The molecule has 1 aromatic carbocycles. The lowest BCUT2D eigenvalue weighted by molar-refractivity contribution is -0.136. The molecule has 5 heteroatoms. The van der Waals surface area contributed by atoms with Gasteiger partial charge in [0, 0.05) is 5.56 Å². The molecule has 0 aliphatic carbocycles. The molecule has 0 saturated carbocycles. The van der Waals surface area contributed by atoms with E-state index < -0.39 is 5.97 Å². The molecule has 0 spiro atoms. The van der Waals surface area contributed by atoms with Crippen LogP contribution >= 0.6 is 0 Å². The second-order valence-corrected chi connectivity index (χ2v) is 4.36. The number of carbonyl (C=O) groups is 1. The Morgan fingerprint density at radius 1 is 1.33 bits per heavy atom. The van der Waals surface area contributed by atoms with Crippen molar-refractivity contribution in [3.8, 4) is 11.4 Å². The summed E-state index contributed by atoms with van der Waals surface area (Å²) in [5, 5.41) is 12.4. The largest absolute Gasteiger partial charge is 0.481 e. The predicted molar refractivity (Wildman–Crippen MR) is 65.2 cm³/mol. The average molecular weight is 246 g/mol. The van der Waals surface area contributed by atoms with Crippen molar-refractivity contribution < 1.29 is 14.4 Å². The first kappa shape index (κ1) is 12.3. The Morgan fingerprint density at radius 2 is 2.00 bits per heavy atom. The molecular weight excluding hydrogens is 232 g/mol. The maximum absolute atomic E-state index is 10.5. The number of hydrogen-bond donors (Lipinski definition) is 1. The van der Waals surface area contributed by atoms with Crippen LogP contribution in [0.15, 0.2) is 28.8 Å². The van der Waals surface area contributed by atoms with Crippen LogP contribution in [0.4, 0.5) is 0 Å². The third-order valence-corrected chi connectivity index (χ3v) is 2.61. The summed E-state index contributed by atoms with van der Waals surface area (Å²) in [4.78, 5) is 14.5. The number of aliphatic carboxylic acids is 1. The monoisotopic (exact) mass is 246 g/mol. The van der Waals surface area contributed by atoms with Crippen molar-refractivity contribution in [2.75, 3.05) is 0 Å². The van der Waals surface area contributed by atoms with Crippen molar-refractivity contribution in [3.05, 3.63) is 35.7 Å². The van der Waals surface area contributed by atoms with Crippen LogP contribution in [0.3, 0.4) is 0 Å². The zero-order valence-corrected chi connectivity index (χ0v) is 10.3. The van der Waals surface area contributed by atoms with Crippen LogP contribution in [0, 0.1) is 0 Å². The maximum atomic E-state index is 10.5. The second-order valence-electron chi connectivity index (χ2n) is 4.36. The highest BCUT2D eigenvalue weighted by atomic mass is 16.5. The Labute approximate surface area is 104 Å². The predicted octanol–water partition coefficient (Wildman–Crippen LogP) is 2.49. The summed E-state index contributed by atoms with van der Waals surface area (Å²) in [5.74, 6) is 0.0132. The summed E-state index contributed by atoms with van der Waals surface area (Å²) in [7, 11) is 0. The van der Waals surface area contributed by atoms with Crippen molar-refractivity contribution in [2.45, 2.75) is 26.2 Å². The van der Waals surface area contributed by atoms with Gasteiger partial charge in [0.25, 0.3) is 0 Å². The van der Waals surface area contributed by atoms with Gasteiger partial charge in [0.15, 0.2) is 0 Å². The molecule has 0 fully saturated rings. The number of carboxylic acid groups (broad SMARTS) is 1. The summed E-state index contributed by atoms with van der Waals surface area (Å²) in [6.45, 7) is 4.24. The van der Waals surface area contributed by atoms with E-state index in [1.165, 1.54) is 5.56 Å². The minimum Gasteiger partial charge on any atom is -0.481 e. The molecule has 5 nitrogen and oxygen atoms in total. The van der Waals surface area contributed by atoms with Crippen molar-refractivity contribution in [2.24, 2.45) is 0 Å². The molecule has 0 unspecified atom stereocenters. The van der Waals surface area contributed by atoms with Crippen LogP contribution in [-0.4, -0.2) is 21.2 Å². The van der Waals surface area contributed by atoms with E-state index in [4.69, 9.17) is 9.63 Å². The van der Waals surface area contributed by atoms with Gasteiger partial charge in [-0.2, -0.15) is 4.98 Å². The molecule has 0 saturated heterocycles. The lowest BCUT2D eigenvalue weighted by Gasteiger charge is -2.04. The van der Waals surface area contributed by atoms with Crippen LogP contribution in [0.2, 0.25) is 0 Å². The highest BCUT2D eigenvalue weighted by molar-refractivity contribution is 5.69. The summed E-state index contributed by atoms with van der Waals surface area (Å²) in [6, 6.07) is 7.83. The molecule has 0 bridgehead atoms. The summed E-state index contributed by atoms with van der Waals surface area (Å²) in [5.41, 5.74) is 2.05. The summed E-state index contributed by atoms with van der Waals surface area (Å²) in [6.07, 6.45) is -0.253. The van der Waals surface area contributed by atoms with Crippen LogP contribution in [0.5, 0.6) is 0 Å². The first-order valence-corrected chi connectivity index (χ1v) is 5.71. The Balaban J connectivity index is 2.20. The van der Waals surface area contributed by atoms with Gasteiger partial charge in [0.1, 0.15) is 6.42 Å². The molecule has 0 atom stereocenters. The fourth-order valence-electron chi connectivity index (χ4n) is 1.59. The van der Waals surface area contributed by atoms with E-state index in [0.717, 1.165) is 5.56 Å². The Hall–Kier alpha value is -2.17. The molecule has 0 amide bonds. The minimum atomic E-state index is -0.986. The fraction of sp³-hybridized carbons (Fsp3) is 0.308. The Kier molecular flexibility index (Phi) is 3.41. The Morgan fingerprint density at radius 3 is 2.56 bits per heavy atom. The van der Waals surface area contributed by atoms with Gasteiger partial charge in [-0.1, -0.05) is 43.3 Å². The molecule has 18 heavy (non-hydrogen) atoms. The van der Waals surface area contributed by atoms with Gasteiger partial charge in [-0.25, -0.2) is 0 Å². The summed E-state index contributed by atoms with van der Waals surface area (Å²) >= 11 is 0. The number of nitrogens with zero attached hydrogens (tertiary/aromatic N) is 2. The van der Waals surface area contributed by atoms with Crippen molar-refractivity contribution in [1.29, 1.82) is 0 Å².